The molecular formula is C20H27N2O5+. The zero-order valence-corrected chi connectivity index (χ0v) is 16.2. The Bertz CT molecular complexity index is 777. The van der Waals surface area contributed by atoms with E-state index < -0.39 is 17.9 Å². The largest absolute Gasteiger partial charge is 0.486 e. The van der Waals surface area contributed by atoms with E-state index in [2.05, 4.69) is 5.32 Å². The van der Waals surface area contributed by atoms with E-state index in [1.807, 2.05) is 51.5 Å². The van der Waals surface area contributed by atoms with E-state index in [0.717, 1.165) is 0 Å². The lowest BCUT2D eigenvalue weighted by molar-refractivity contribution is -0.871. The van der Waals surface area contributed by atoms with E-state index in [1.165, 1.54) is 0 Å². The molecule has 2 aromatic rings. The zero-order valence-electron chi connectivity index (χ0n) is 16.2. The van der Waals surface area contributed by atoms with Gasteiger partial charge in [-0.3, -0.25) is 9.59 Å². The number of furan rings is 1. The highest BCUT2D eigenvalue weighted by Gasteiger charge is 2.25. The highest BCUT2D eigenvalue weighted by Crippen LogP contribution is 2.18. The smallest absolute Gasteiger partial charge is 0.305 e. The summed E-state index contributed by atoms with van der Waals surface area (Å²) in [4.78, 5) is 23.7. The van der Waals surface area contributed by atoms with Gasteiger partial charge >= 0.3 is 5.97 Å². The Balaban J connectivity index is 2.04. The summed E-state index contributed by atoms with van der Waals surface area (Å²) >= 11 is 0. The zero-order chi connectivity index (χ0) is 20.0. The van der Waals surface area contributed by atoms with Crippen molar-refractivity contribution < 1.29 is 28.3 Å². The summed E-state index contributed by atoms with van der Waals surface area (Å²) in [5.41, 5.74) is 0.679. The van der Waals surface area contributed by atoms with Gasteiger partial charge in [-0.25, -0.2) is 0 Å². The number of para-hydroxylation sites is 1. The summed E-state index contributed by atoms with van der Waals surface area (Å²) in [7, 11) is 5.83. The van der Waals surface area contributed by atoms with Gasteiger partial charge in [-0.15, -0.1) is 0 Å². The first-order valence-corrected chi connectivity index (χ1v) is 8.74. The van der Waals surface area contributed by atoms with Crippen LogP contribution in [0.2, 0.25) is 0 Å². The monoisotopic (exact) mass is 375 g/mol. The van der Waals surface area contributed by atoms with Crippen LogP contribution < -0.4 is 10.1 Å². The van der Waals surface area contributed by atoms with E-state index in [-0.39, 0.29) is 18.8 Å². The minimum atomic E-state index is -0.957. The molecule has 1 aromatic carbocycles. The molecule has 7 nitrogen and oxygen atoms in total. The molecule has 1 atom stereocenters. The third kappa shape index (κ3) is 6.79. The Morgan fingerprint density at radius 1 is 1.22 bits per heavy atom. The lowest BCUT2D eigenvalue weighted by Gasteiger charge is -2.28. The van der Waals surface area contributed by atoms with Gasteiger partial charge in [-0.2, -0.15) is 0 Å². The maximum Gasteiger partial charge on any atom is 0.305 e. The van der Waals surface area contributed by atoms with Crippen LogP contribution >= 0.6 is 0 Å². The highest BCUT2D eigenvalue weighted by atomic mass is 16.5. The van der Waals surface area contributed by atoms with Crippen LogP contribution in [0.15, 0.2) is 40.8 Å². The number of aryl methyl sites for hydroxylation is 1. The van der Waals surface area contributed by atoms with Crippen molar-refractivity contribution in [2.45, 2.75) is 26.0 Å². The number of carbonyl (C=O) groups is 2. The lowest BCUT2D eigenvalue weighted by atomic mass is 10.1. The molecule has 0 aliphatic heterocycles. The van der Waals surface area contributed by atoms with Gasteiger partial charge in [-0.05, 0) is 25.1 Å². The predicted molar refractivity (Wildman–Crippen MR) is 101 cm³/mol. The van der Waals surface area contributed by atoms with Crippen molar-refractivity contribution in [3.63, 3.8) is 0 Å². The van der Waals surface area contributed by atoms with E-state index >= 15 is 0 Å². The van der Waals surface area contributed by atoms with Crippen molar-refractivity contribution in [3.05, 3.63) is 53.5 Å². The van der Waals surface area contributed by atoms with E-state index in [4.69, 9.17) is 14.3 Å². The molecule has 2 rings (SSSR count). The molecule has 0 bridgehead atoms. The van der Waals surface area contributed by atoms with Crippen LogP contribution in [0.5, 0.6) is 5.75 Å². The lowest BCUT2D eigenvalue weighted by Crippen LogP contribution is -2.49. The molecule has 0 radical (unpaired) electrons. The van der Waals surface area contributed by atoms with Crippen LogP contribution in [-0.4, -0.2) is 55.2 Å². The number of carbonyl (C=O) groups excluding carboxylic acids is 1. The molecule has 0 saturated carbocycles. The molecule has 1 unspecified atom stereocenters. The first-order valence-electron chi connectivity index (χ1n) is 8.74. The third-order valence-electron chi connectivity index (χ3n) is 3.82. The number of carboxylic acids is 1. The summed E-state index contributed by atoms with van der Waals surface area (Å²) in [5.74, 6) is 0.0448. The van der Waals surface area contributed by atoms with Crippen molar-refractivity contribution in [1.29, 1.82) is 0 Å². The van der Waals surface area contributed by atoms with Crippen molar-refractivity contribution in [3.8, 4) is 5.75 Å². The van der Waals surface area contributed by atoms with Gasteiger partial charge in [0, 0.05) is 5.56 Å². The molecule has 2 N–H and O–H groups in total. The van der Waals surface area contributed by atoms with Crippen LogP contribution in [0, 0.1) is 6.92 Å². The average molecular weight is 375 g/mol. The number of aliphatic carboxylic acids is 1. The highest BCUT2D eigenvalue weighted by molar-refractivity contribution is 5.93. The van der Waals surface area contributed by atoms with Crippen LogP contribution in [0.3, 0.4) is 0 Å². The fraction of sp³-hybridized carbons (Fsp3) is 0.400. The normalized spacial score (nSPS) is 12.4. The standard InChI is InChI=1S/C20H26N2O5/c1-14-10-17(13-26-16-8-6-5-7-9-16)27-19(14)20(25)21-15(11-18(23)24)12-22(2,3)4/h5-10,15H,11-13H2,1-4H3,(H-,21,23,24,25)/p+1. The summed E-state index contributed by atoms with van der Waals surface area (Å²) in [5, 5.41) is 11.9. The molecule has 0 spiro atoms. The predicted octanol–water partition coefficient (Wildman–Crippen LogP) is 2.45. The quantitative estimate of drug-likeness (QED) is 0.657. The van der Waals surface area contributed by atoms with Gasteiger partial charge in [0.15, 0.2) is 5.76 Å². The van der Waals surface area contributed by atoms with Crippen molar-refractivity contribution >= 4 is 11.9 Å². The summed E-state index contributed by atoms with van der Waals surface area (Å²) in [6, 6.07) is 10.6. The number of likely N-dealkylation sites (N-methyl/N-ethyl adjacent to an activating group) is 1. The maximum absolute atomic E-state index is 12.6. The van der Waals surface area contributed by atoms with Gasteiger partial charge in [-0.1, -0.05) is 18.2 Å². The third-order valence-corrected chi connectivity index (χ3v) is 3.82. The molecule has 7 heteroatoms. The number of rotatable bonds is 9. The Morgan fingerprint density at radius 3 is 2.48 bits per heavy atom. The Kier molecular flexibility index (Phi) is 6.63. The molecule has 1 heterocycles. The Hall–Kier alpha value is -2.80. The molecular weight excluding hydrogens is 348 g/mol. The molecule has 0 aliphatic rings. The number of benzene rings is 1. The van der Waals surface area contributed by atoms with Crippen molar-refractivity contribution in [2.75, 3.05) is 27.7 Å². The van der Waals surface area contributed by atoms with Gasteiger partial charge in [0.25, 0.3) is 5.91 Å². The van der Waals surface area contributed by atoms with Crippen LogP contribution in [0.25, 0.3) is 0 Å². The number of hydrogen-bond donors (Lipinski definition) is 2. The number of carboxylic acid groups (broad SMARTS) is 1. The fourth-order valence-corrected chi connectivity index (χ4v) is 2.80. The summed E-state index contributed by atoms with van der Waals surface area (Å²) in [6.45, 7) is 2.47. The second kappa shape index (κ2) is 8.73. The van der Waals surface area contributed by atoms with Gasteiger partial charge in [0.05, 0.1) is 40.2 Å². The molecule has 1 aromatic heterocycles. The fourth-order valence-electron chi connectivity index (χ4n) is 2.80. The first kappa shape index (κ1) is 20.5. The van der Waals surface area contributed by atoms with E-state index in [1.54, 1.807) is 13.0 Å². The van der Waals surface area contributed by atoms with Gasteiger partial charge in [0.1, 0.15) is 18.1 Å². The number of amides is 1. The van der Waals surface area contributed by atoms with Gasteiger partial charge < -0.3 is 24.1 Å². The SMILES string of the molecule is Cc1cc(COc2ccccc2)oc1C(=O)NC(CC(=O)O)C[N+](C)(C)C. The summed E-state index contributed by atoms with van der Waals surface area (Å²) < 4.78 is 11.8. The Morgan fingerprint density at radius 2 is 1.89 bits per heavy atom. The van der Waals surface area contributed by atoms with Gasteiger partial charge in [0.2, 0.25) is 0 Å². The Labute approximate surface area is 159 Å². The average Bonchev–Trinajstić information content (AvgIpc) is 2.92. The number of quaternary nitrogens is 1. The molecule has 146 valence electrons. The number of ether oxygens (including phenoxy) is 1. The topological polar surface area (TPSA) is 88.8 Å². The molecule has 0 aliphatic carbocycles. The van der Waals surface area contributed by atoms with E-state index in [0.29, 0.717) is 28.1 Å². The maximum atomic E-state index is 12.6. The van der Waals surface area contributed by atoms with Crippen molar-refractivity contribution in [2.24, 2.45) is 0 Å². The minimum Gasteiger partial charge on any atom is -0.486 e. The molecule has 27 heavy (non-hydrogen) atoms. The summed E-state index contributed by atoms with van der Waals surface area (Å²) in [6.07, 6.45) is -0.148. The molecule has 0 fully saturated rings. The number of hydrogen-bond acceptors (Lipinski definition) is 4. The molecule has 0 saturated heterocycles. The second-order valence-corrected chi connectivity index (χ2v) is 7.57. The van der Waals surface area contributed by atoms with Crippen LogP contribution in [-0.2, 0) is 11.4 Å². The van der Waals surface area contributed by atoms with E-state index in [9.17, 15) is 9.59 Å². The second-order valence-electron chi connectivity index (χ2n) is 7.57. The van der Waals surface area contributed by atoms with Crippen molar-refractivity contribution in [1.82, 2.24) is 5.32 Å². The number of nitrogens with zero attached hydrogens (tertiary/aromatic N) is 1. The van der Waals surface area contributed by atoms with Crippen LogP contribution in [0.4, 0.5) is 0 Å². The number of nitrogens with one attached hydrogen (secondary N) is 1. The minimum absolute atomic E-state index is 0.148. The first-order chi connectivity index (χ1) is 12.6. The molecule has 1 amide bonds. The van der Waals surface area contributed by atoms with Crippen LogP contribution in [0.1, 0.15) is 28.3 Å².